The first-order valence-corrected chi connectivity index (χ1v) is 14.7. The van der Waals surface area contributed by atoms with E-state index in [1.807, 2.05) is 31.2 Å². The number of nitrogens with one attached hydrogen (secondary N) is 1. The molecule has 2 heterocycles. The molecule has 1 amide bonds. The maximum Gasteiger partial charge on any atom is 0.337 e. The average Bonchev–Trinajstić information content (AvgIpc) is 3.41. The lowest BCUT2D eigenvalue weighted by molar-refractivity contribution is -0.116. The molecule has 0 radical (unpaired) electrons. The number of amides is 1. The number of aromatic carboxylic acids is 1. The standard InChI is InChI=1S/C28H23ClN6O4S2/c1-14-5-7-15(8-6-14)23-18(12-30)25(31)35(20-3-2-4-21(36)24(20)23)27-33-34-28(41-27)40-13-22(37)32-16-9-10-19(29)17(11-16)26(38)39/h5-11,23H,2-4,13,31H2,1H3,(H,32,37)(H,38,39). The van der Waals surface area contributed by atoms with Crippen LogP contribution in [0.25, 0.3) is 0 Å². The smallest absolute Gasteiger partial charge is 0.337 e. The fourth-order valence-corrected chi connectivity index (χ4v) is 6.72. The minimum absolute atomic E-state index is 0.0175. The second-order valence-electron chi connectivity index (χ2n) is 9.41. The molecule has 4 N–H and O–H groups in total. The highest BCUT2D eigenvalue weighted by Gasteiger charge is 2.41. The SMILES string of the molecule is Cc1ccc(C2C(C#N)=C(N)N(c3nnc(SCC(=O)Nc4ccc(Cl)c(C(=O)O)c4)s3)C3=C2C(=O)CCC3)cc1. The van der Waals surface area contributed by atoms with Crippen molar-refractivity contribution in [2.75, 3.05) is 16.0 Å². The van der Waals surface area contributed by atoms with Gasteiger partial charge in [-0.1, -0.05) is 64.5 Å². The van der Waals surface area contributed by atoms with E-state index >= 15 is 0 Å². The number of Topliss-reactive ketones (excluding diaryl/α,β-unsaturated/α-hetero) is 1. The van der Waals surface area contributed by atoms with Crippen LogP contribution in [0.15, 0.2) is 69.5 Å². The summed E-state index contributed by atoms with van der Waals surface area (Å²) in [4.78, 5) is 38.7. The van der Waals surface area contributed by atoms with Gasteiger partial charge in [-0.2, -0.15) is 5.26 Å². The third-order valence-corrected chi connectivity index (χ3v) is 9.09. The van der Waals surface area contributed by atoms with Gasteiger partial charge in [-0.25, -0.2) is 4.79 Å². The van der Waals surface area contributed by atoms with Gasteiger partial charge >= 0.3 is 5.97 Å². The van der Waals surface area contributed by atoms with E-state index in [1.165, 1.54) is 29.5 Å². The number of nitrogens with two attached hydrogens (primary N) is 1. The number of hydrogen-bond donors (Lipinski definition) is 3. The number of nitrogens with zero attached hydrogens (tertiary/aromatic N) is 4. The number of hydrogen-bond acceptors (Lipinski definition) is 10. The first-order valence-electron chi connectivity index (χ1n) is 12.5. The van der Waals surface area contributed by atoms with Crippen molar-refractivity contribution >= 4 is 63.2 Å². The van der Waals surface area contributed by atoms with Gasteiger partial charge in [-0.3, -0.25) is 14.5 Å². The Balaban J connectivity index is 1.38. The first-order chi connectivity index (χ1) is 19.7. The number of anilines is 2. The van der Waals surface area contributed by atoms with Crippen molar-refractivity contribution < 1.29 is 19.5 Å². The molecule has 0 saturated heterocycles. The molecule has 0 saturated carbocycles. The normalized spacial score (nSPS) is 16.9. The minimum Gasteiger partial charge on any atom is -0.478 e. The van der Waals surface area contributed by atoms with Crippen LogP contribution in [0.5, 0.6) is 0 Å². The molecular weight excluding hydrogens is 584 g/mol. The average molecular weight is 607 g/mol. The summed E-state index contributed by atoms with van der Waals surface area (Å²) in [6.45, 7) is 1.97. The van der Waals surface area contributed by atoms with Gasteiger partial charge in [-0.15, -0.1) is 10.2 Å². The molecule has 0 spiro atoms. The van der Waals surface area contributed by atoms with Crippen LogP contribution in [-0.4, -0.2) is 38.7 Å². The van der Waals surface area contributed by atoms with E-state index in [-0.39, 0.29) is 39.4 Å². The Bertz CT molecular complexity index is 1680. The maximum absolute atomic E-state index is 13.3. The van der Waals surface area contributed by atoms with Crippen LogP contribution >= 0.6 is 34.7 Å². The molecular formula is C28H23ClN6O4S2. The molecule has 10 nitrogen and oxygen atoms in total. The highest BCUT2D eigenvalue weighted by atomic mass is 35.5. The lowest BCUT2D eigenvalue weighted by atomic mass is 9.75. The van der Waals surface area contributed by atoms with Gasteiger partial charge in [0.05, 0.1) is 33.9 Å². The zero-order chi connectivity index (χ0) is 29.3. The Kier molecular flexibility index (Phi) is 8.12. The largest absolute Gasteiger partial charge is 0.478 e. The van der Waals surface area contributed by atoms with Crippen molar-refractivity contribution in [1.82, 2.24) is 10.2 Å². The van der Waals surface area contributed by atoms with Crippen LogP contribution in [0.3, 0.4) is 0 Å². The third-order valence-electron chi connectivity index (χ3n) is 6.72. The lowest BCUT2D eigenvalue weighted by Crippen LogP contribution is -2.38. The van der Waals surface area contributed by atoms with E-state index in [4.69, 9.17) is 17.3 Å². The van der Waals surface area contributed by atoms with Crippen molar-refractivity contribution in [2.24, 2.45) is 5.73 Å². The number of carbonyl (C=O) groups is 3. The van der Waals surface area contributed by atoms with Gasteiger partial charge in [0.1, 0.15) is 5.82 Å². The molecule has 2 aliphatic rings. The van der Waals surface area contributed by atoms with Gasteiger partial charge in [-0.05, 0) is 43.5 Å². The van der Waals surface area contributed by atoms with Crippen molar-refractivity contribution in [3.63, 3.8) is 0 Å². The fraction of sp³-hybridized carbons (Fsp3) is 0.214. The number of ketones is 1. The Morgan fingerprint density at radius 3 is 2.71 bits per heavy atom. The Morgan fingerprint density at radius 2 is 2.00 bits per heavy atom. The van der Waals surface area contributed by atoms with Crippen LogP contribution in [-0.2, 0) is 9.59 Å². The predicted molar refractivity (Wildman–Crippen MR) is 157 cm³/mol. The summed E-state index contributed by atoms with van der Waals surface area (Å²) in [7, 11) is 0. The Morgan fingerprint density at radius 1 is 1.24 bits per heavy atom. The summed E-state index contributed by atoms with van der Waals surface area (Å²) in [6.07, 6.45) is 1.63. The quantitative estimate of drug-likeness (QED) is 0.303. The minimum atomic E-state index is -1.20. The van der Waals surface area contributed by atoms with Gasteiger partial charge in [0.2, 0.25) is 11.0 Å². The molecule has 0 fully saturated rings. The molecule has 208 valence electrons. The first kappa shape index (κ1) is 28.4. The second kappa shape index (κ2) is 11.7. The summed E-state index contributed by atoms with van der Waals surface area (Å²) >= 11 is 8.22. The number of halogens is 1. The summed E-state index contributed by atoms with van der Waals surface area (Å²) in [6, 6.07) is 14.2. The molecule has 1 aliphatic carbocycles. The topological polar surface area (TPSA) is 162 Å². The number of thioether (sulfide) groups is 1. The van der Waals surface area contributed by atoms with Gasteiger partial charge in [0.25, 0.3) is 0 Å². The van der Waals surface area contributed by atoms with Crippen LogP contribution in [0.1, 0.15) is 46.7 Å². The number of carboxylic acid groups (broad SMARTS) is 1. The Hall–Kier alpha value is -4.18. The van der Waals surface area contributed by atoms with Crippen LogP contribution in [0, 0.1) is 18.3 Å². The van der Waals surface area contributed by atoms with E-state index < -0.39 is 11.9 Å². The molecule has 5 rings (SSSR count). The molecule has 1 unspecified atom stereocenters. The van der Waals surface area contributed by atoms with Crippen LogP contribution in [0.2, 0.25) is 5.02 Å². The number of nitriles is 1. The zero-order valence-corrected chi connectivity index (χ0v) is 24.1. The highest BCUT2D eigenvalue weighted by molar-refractivity contribution is 8.01. The molecule has 1 aromatic heterocycles. The van der Waals surface area contributed by atoms with E-state index in [9.17, 15) is 24.8 Å². The second-order valence-corrected chi connectivity index (χ2v) is 12.0. The van der Waals surface area contributed by atoms with Crippen LogP contribution < -0.4 is 16.0 Å². The third kappa shape index (κ3) is 5.69. The van der Waals surface area contributed by atoms with Crippen molar-refractivity contribution in [3.8, 4) is 6.07 Å². The molecule has 41 heavy (non-hydrogen) atoms. The number of carboxylic acids is 1. The van der Waals surface area contributed by atoms with Gasteiger partial charge in [0, 0.05) is 23.4 Å². The van der Waals surface area contributed by atoms with Crippen molar-refractivity contribution in [3.05, 3.63) is 86.8 Å². The lowest BCUT2D eigenvalue weighted by Gasteiger charge is -2.38. The number of aromatic nitrogens is 2. The zero-order valence-electron chi connectivity index (χ0n) is 21.7. The van der Waals surface area contributed by atoms with E-state index in [1.54, 1.807) is 4.90 Å². The van der Waals surface area contributed by atoms with Gasteiger partial charge in [0.15, 0.2) is 10.1 Å². The number of rotatable bonds is 7. The number of aryl methyl sites for hydroxylation is 1. The van der Waals surface area contributed by atoms with Crippen LogP contribution in [0.4, 0.5) is 10.8 Å². The van der Waals surface area contributed by atoms with Crippen molar-refractivity contribution in [1.29, 1.82) is 5.26 Å². The number of carbonyl (C=O) groups excluding carboxylic acids is 2. The molecule has 0 bridgehead atoms. The Labute approximate surface area is 248 Å². The van der Waals surface area contributed by atoms with E-state index in [2.05, 4.69) is 21.6 Å². The number of benzene rings is 2. The maximum atomic E-state index is 13.3. The summed E-state index contributed by atoms with van der Waals surface area (Å²) in [5.41, 5.74) is 10.2. The van der Waals surface area contributed by atoms with E-state index in [0.29, 0.717) is 45.7 Å². The molecule has 2 aromatic carbocycles. The number of allylic oxidation sites excluding steroid dienone is 3. The molecule has 1 aliphatic heterocycles. The molecule has 3 aromatic rings. The summed E-state index contributed by atoms with van der Waals surface area (Å²) in [5.74, 6) is -1.97. The molecule has 13 heteroatoms. The predicted octanol–water partition coefficient (Wildman–Crippen LogP) is 5.23. The summed E-state index contributed by atoms with van der Waals surface area (Å²) in [5, 5.41) is 31.0. The van der Waals surface area contributed by atoms with Crippen molar-refractivity contribution in [2.45, 2.75) is 36.4 Å². The molecule has 1 atom stereocenters. The summed E-state index contributed by atoms with van der Waals surface area (Å²) < 4.78 is 0.480. The van der Waals surface area contributed by atoms with E-state index in [0.717, 1.165) is 22.9 Å². The van der Waals surface area contributed by atoms with Gasteiger partial charge < -0.3 is 16.2 Å². The highest BCUT2D eigenvalue weighted by Crippen LogP contribution is 2.47. The fourth-order valence-electron chi connectivity index (χ4n) is 4.84. The monoisotopic (exact) mass is 606 g/mol.